The highest BCUT2D eigenvalue weighted by Crippen LogP contribution is 2.19. The standard InChI is InChI=1S/C6H10O10S2.C6H6O4/c7-5(8)1-3(17(11,12)13)4(2-6(9)10)18(14,15)16;7-5(8)3-1-2-4-6(9)10/h3-4H,1-2H2,(H,7,8)(H,9,10)(H,11,12,13)(H,14,15,16);1-4H,(H,7,8)(H,9,10)/b;3-1-,4-2-. The van der Waals surface area contributed by atoms with E-state index < -0.39 is 67.5 Å². The van der Waals surface area contributed by atoms with Gasteiger partial charge in [-0.15, -0.1) is 0 Å². The summed E-state index contributed by atoms with van der Waals surface area (Å²) in [6.45, 7) is 0. The van der Waals surface area contributed by atoms with Crippen LogP contribution in [0.3, 0.4) is 0 Å². The molecular weight excluding hydrogens is 432 g/mol. The molecule has 0 aromatic carbocycles. The van der Waals surface area contributed by atoms with Crippen molar-refractivity contribution in [2.45, 2.75) is 23.3 Å². The molecule has 2 unspecified atom stereocenters. The number of aliphatic carboxylic acids is 4. The predicted octanol–water partition coefficient (Wildman–Crippen LogP) is -1.28. The van der Waals surface area contributed by atoms with Gasteiger partial charge in [-0.3, -0.25) is 18.7 Å². The van der Waals surface area contributed by atoms with Gasteiger partial charge in [0.05, 0.1) is 12.8 Å². The highest BCUT2D eigenvalue weighted by atomic mass is 32.2. The Balaban J connectivity index is 0. The van der Waals surface area contributed by atoms with Crippen molar-refractivity contribution in [3.05, 3.63) is 24.3 Å². The Bertz CT molecular complexity index is 777. The quantitative estimate of drug-likeness (QED) is 0.129. The highest BCUT2D eigenvalue weighted by molar-refractivity contribution is 7.90. The third-order valence-electron chi connectivity index (χ3n) is 2.52. The van der Waals surface area contributed by atoms with Crippen molar-refractivity contribution in [1.29, 1.82) is 0 Å². The molecule has 0 spiro atoms. The van der Waals surface area contributed by atoms with E-state index in [1.54, 1.807) is 0 Å². The highest BCUT2D eigenvalue weighted by Gasteiger charge is 2.42. The first kappa shape index (κ1) is 27.4. The number of rotatable bonds is 10. The zero-order valence-corrected chi connectivity index (χ0v) is 15.3. The van der Waals surface area contributed by atoms with Crippen molar-refractivity contribution in [1.82, 2.24) is 0 Å². The molecule has 0 bridgehead atoms. The minimum absolute atomic E-state index is 0.847. The Morgan fingerprint density at radius 2 is 0.893 bits per heavy atom. The van der Waals surface area contributed by atoms with E-state index in [9.17, 15) is 36.0 Å². The normalized spacial score (nSPS) is 14.1. The van der Waals surface area contributed by atoms with Crippen LogP contribution in [0.4, 0.5) is 0 Å². The first-order valence-electron chi connectivity index (χ1n) is 6.65. The first-order valence-corrected chi connectivity index (χ1v) is 9.65. The van der Waals surface area contributed by atoms with Gasteiger partial charge in [0.2, 0.25) is 0 Å². The molecule has 0 aliphatic carbocycles. The zero-order chi connectivity index (χ0) is 22.7. The van der Waals surface area contributed by atoms with Crippen LogP contribution < -0.4 is 0 Å². The second-order valence-electron chi connectivity index (χ2n) is 4.70. The number of hydrogen-bond acceptors (Lipinski definition) is 8. The number of carboxylic acids is 4. The Hall–Kier alpha value is -2.82. The van der Waals surface area contributed by atoms with Crippen molar-refractivity contribution >= 4 is 44.1 Å². The lowest BCUT2D eigenvalue weighted by atomic mass is 10.2. The molecule has 0 aromatic rings. The van der Waals surface area contributed by atoms with Crippen molar-refractivity contribution < 1.29 is 65.5 Å². The fourth-order valence-electron chi connectivity index (χ4n) is 1.48. The predicted molar refractivity (Wildman–Crippen MR) is 88.7 cm³/mol. The molecule has 0 amide bonds. The SMILES string of the molecule is O=C(O)/C=C\C=C/C(=O)O.O=C(O)CC(C(CC(=O)O)S(=O)(=O)O)S(=O)(=O)O. The van der Waals surface area contributed by atoms with Crippen molar-refractivity contribution in [3.8, 4) is 0 Å². The van der Waals surface area contributed by atoms with Crippen molar-refractivity contribution in [2.24, 2.45) is 0 Å². The maximum absolute atomic E-state index is 10.9. The Labute approximate surface area is 157 Å². The van der Waals surface area contributed by atoms with Gasteiger partial charge in [-0.1, -0.05) is 12.2 Å². The maximum atomic E-state index is 10.9. The second kappa shape index (κ2) is 11.8. The lowest BCUT2D eigenvalue weighted by Crippen LogP contribution is -2.42. The van der Waals surface area contributed by atoms with E-state index in [1.165, 1.54) is 0 Å². The Morgan fingerprint density at radius 1 is 0.643 bits per heavy atom. The van der Waals surface area contributed by atoms with E-state index in [2.05, 4.69) is 0 Å². The molecule has 0 aliphatic heterocycles. The van der Waals surface area contributed by atoms with Crippen LogP contribution in [0.25, 0.3) is 0 Å². The molecule has 0 radical (unpaired) electrons. The summed E-state index contributed by atoms with van der Waals surface area (Å²) in [6, 6.07) is 0. The van der Waals surface area contributed by atoms with Crippen LogP contribution in [-0.2, 0) is 39.4 Å². The van der Waals surface area contributed by atoms with Gasteiger partial charge in [0, 0.05) is 12.2 Å². The third kappa shape index (κ3) is 14.4. The molecule has 14 nitrogen and oxygen atoms in total. The zero-order valence-electron chi connectivity index (χ0n) is 13.6. The van der Waals surface area contributed by atoms with E-state index in [0.717, 1.165) is 24.3 Å². The van der Waals surface area contributed by atoms with Crippen LogP contribution in [0.2, 0.25) is 0 Å². The van der Waals surface area contributed by atoms with Crippen LogP contribution in [0.15, 0.2) is 24.3 Å². The monoisotopic (exact) mass is 448 g/mol. The molecule has 0 saturated carbocycles. The van der Waals surface area contributed by atoms with Crippen LogP contribution in [0.5, 0.6) is 0 Å². The van der Waals surface area contributed by atoms with E-state index in [1.807, 2.05) is 0 Å². The van der Waals surface area contributed by atoms with Gasteiger partial charge < -0.3 is 20.4 Å². The van der Waals surface area contributed by atoms with Gasteiger partial charge in [0.1, 0.15) is 10.5 Å². The average Bonchev–Trinajstić information content (AvgIpc) is 2.45. The number of carboxylic acid groups (broad SMARTS) is 4. The van der Waals surface area contributed by atoms with Crippen LogP contribution >= 0.6 is 0 Å². The molecule has 16 heteroatoms. The van der Waals surface area contributed by atoms with Gasteiger partial charge in [0.15, 0.2) is 0 Å². The summed E-state index contributed by atoms with van der Waals surface area (Å²) in [5.74, 6) is -5.77. The molecule has 0 fully saturated rings. The molecule has 0 aliphatic rings. The lowest BCUT2D eigenvalue weighted by Gasteiger charge is -2.19. The van der Waals surface area contributed by atoms with Gasteiger partial charge in [-0.2, -0.15) is 16.8 Å². The summed E-state index contributed by atoms with van der Waals surface area (Å²) < 4.78 is 60.9. The number of carbonyl (C=O) groups is 4. The molecule has 6 N–H and O–H groups in total. The molecule has 0 rings (SSSR count). The van der Waals surface area contributed by atoms with Gasteiger partial charge in [-0.25, -0.2) is 9.59 Å². The summed E-state index contributed by atoms with van der Waals surface area (Å²) in [6.07, 6.45) is 1.24. The van der Waals surface area contributed by atoms with Crippen LogP contribution in [0, 0.1) is 0 Å². The van der Waals surface area contributed by atoms with Gasteiger partial charge in [-0.05, 0) is 0 Å². The number of allylic oxidation sites excluding steroid dienone is 2. The maximum Gasteiger partial charge on any atom is 0.328 e. The molecule has 0 heterocycles. The molecule has 0 aromatic heterocycles. The Kier molecular flexibility index (Phi) is 11.5. The summed E-state index contributed by atoms with van der Waals surface area (Å²) in [5.41, 5.74) is 0. The van der Waals surface area contributed by atoms with Crippen molar-refractivity contribution in [2.75, 3.05) is 0 Å². The summed E-state index contributed by atoms with van der Waals surface area (Å²) in [4.78, 5) is 40.3. The smallest absolute Gasteiger partial charge is 0.328 e. The van der Waals surface area contributed by atoms with E-state index >= 15 is 0 Å². The minimum atomic E-state index is -5.17. The Morgan fingerprint density at radius 3 is 1.04 bits per heavy atom. The summed E-state index contributed by atoms with van der Waals surface area (Å²) in [5, 5.41) is 27.9. The molecule has 2 atom stereocenters. The van der Waals surface area contributed by atoms with Crippen LogP contribution in [-0.4, -0.2) is 80.7 Å². The van der Waals surface area contributed by atoms with E-state index in [4.69, 9.17) is 29.5 Å². The minimum Gasteiger partial charge on any atom is -0.481 e. The van der Waals surface area contributed by atoms with E-state index in [0.29, 0.717) is 0 Å². The molecule has 160 valence electrons. The van der Waals surface area contributed by atoms with E-state index in [-0.39, 0.29) is 0 Å². The third-order valence-corrected chi connectivity index (χ3v) is 5.21. The fourth-order valence-corrected chi connectivity index (χ4v) is 3.99. The molecule has 28 heavy (non-hydrogen) atoms. The second-order valence-corrected chi connectivity index (χ2v) is 7.97. The fraction of sp³-hybridized carbons (Fsp3) is 0.333. The topological polar surface area (TPSA) is 258 Å². The molecular formula is C12H16O14S2. The largest absolute Gasteiger partial charge is 0.481 e. The summed E-state index contributed by atoms with van der Waals surface area (Å²) >= 11 is 0. The lowest BCUT2D eigenvalue weighted by molar-refractivity contribution is -0.139. The number of hydrogen-bond donors (Lipinski definition) is 6. The summed E-state index contributed by atoms with van der Waals surface area (Å²) in [7, 11) is -10.3. The first-order chi connectivity index (χ1) is 12.5. The van der Waals surface area contributed by atoms with Crippen LogP contribution in [0.1, 0.15) is 12.8 Å². The average molecular weight is 448 g/mol. The van der Waals surface area contributed by atoms with Gasteiger partial charge in [0.25, 0.3) is 20.2 Å². The molecule has 0 saturated heterocycles. The van der Waals surface area contributed by atoms with Crippen molar-refractivity contribution in [3.63, 3.8) is 0 Å². The van der Waals surface area contributed by atoms with Gasteiger partial charge >= 0.3 is 23.9 Å².